The lowest BCUT2D eigenvalue weighted by atomic mass is 10.1. The van der Waals surface area contributed by atoms with Crippen molar-refractivity contribution in [2.75, 3.05) is 12.0 Å². The zero-order valence-corrected chi connectivity index (χ0v) is 11.6. The minimum Gasteiger partial charge on any atom is -0.388 e. The number of hydrogen-bond acceptors (Lipinski definition) is 4. The fourth-order valence-corrected chi connectivity index (χ4v) is 2.37. The number of aryl methyl sites for hydroxylation is 2. The summed E-state index contributed by atoms with van der Waals surface area (Å²) in [5, 5.41) is 14.1. The first-order valence-corrected chi connectivity index (χ1v) is 7.72. The molecular formula is C11H20N2O3S. The van der Waals surface area contributed by atoms with Crippen LogP contribution in [0, 0.1) is 13.8 Å². The van der Waals surface area contributed by atoms with E-state index in [-0.39, 0.29) is 5.75 Å². The van der Waals surface area contributed by atoms with Gasteiger partial charge in [-0.3, -0.25) is 4.68 Å². The fourth-order valence-electron chi connectivity index (χ4n) is 1.87. The van der Waals surface area contributed by atoms with Gasteiger partial charge in [-0.1, -0.05) is 6.92 Å². The first-order valence-electron chi connectivity index (χ1n) is 5.66. The van der Waals surface area contributed by atoms with E-state index in [1.54, 1.807) is 4.68 Å². The third-order valence-electron chi connectivity index (χ3n) is 2.83. The van der Waals surface area contributed by atoms with Gasteiger partial charge in [-0.25, -0.2) is 8.42 Å². The summed E-state index contributed by atoms with van der Waals surface area (Å²) in [7, 11) is -2.99. The predicted molar refractivity (Wildman–Crippen MR) is 66.7 cm³/mol. The van der Waals surface area contributed by atoms with Gasteiger partial charge in [-0.15, -0.1) is 0 Å². The fraction of sp³-hybridized carbons (Fsp3) is 0.727. The van der Waals surface area contributed by atoms with Crippen LogP contribution in [-0.2, 0) is 16.4 Å². The van der Waals surface area contributed by atoms with E-state index in [1.807, 2.05) is 20.8 Å². The van der Waals surface area contributed by atoms with Crippen molar-refractivity contribution in [2.45, 2.75) is 39.8 Å². The molecule has 0 spiro atoms. The topological polar surface area (TPSA) is 72.2 Å². The van der Waals surface area contributed by atoms with Crippen LogP contribution in [0.5, 0.6) is 0 Å². The second-order valence-electron chi connectivity index (χ2n) is 4.36. The quantitative estimate of drug-likeness (QED) is 0.857. The van der Waals surface area contributed by atoms with E-state index in [4.69, 9.17) is 0 Å². The number of aliphatic hydroxyl groups excluding tert-OH is 1. The average Bonchev–Trinajstić information content (AvgIpc) is 2.49. The van der Waals surface area contributed by atoms with E-state index in [1.165, 1.54) is 6.26 Å². The molecule has 1 unspecified atom stereocenters. The summed E-state index contributed by atoms with van der Waals surface area (Å²) in [5.41, 5.74) is 2.44. The van der Waals surface area contributed by atoms with Gasteiger partial charge in [0.25, 0.3) is 0 Å². The van der Waals surface area contributed by atoms with E-state index in [0.29, 0.717) is 13.0 Å². The van der Waals surface area contributed by atoms with Gasteiger partial charge in [0.2, 0.25) is 0 Å². The van der Waals surface area contributed by atoms with Crippen molar-refractivity contribution in [2.24, 2.45) is 0 Å². The standard InChI is InChI=1S/C11H20N2O3S/c1-5-10(14)11-8(2)12-13(9(11)3)6-7-17(4,15)16/h10,14H,5-7H2,1-4H3. The minimum absolute atomic E-state index is 0.0661. The van der Waals surface area contributed by atoms with Crippen molar-refractivity contribution < 1.29 is 13.5 Å². The van der Waals surface area contributed by atoms with Crippen molar-refractivity contribution in [3.05, 3.63) is 17.0 Å². The molecule has 0 aliphatic carbocycles. The Balaban J connectivity index is 2.97. The Hall–Kier alpha value is -0.880. The largest absolute Gasteiger partial charge is 0.388 e. The molecule has 1 heterocycles. The molecule has 0 radical (unpaired) electrons. The summed E-state index contributed by atoms with van der Waals surface area (Å²) in [4.78, 5) is 0. The second kappa shape index (κ2) is 5.18. The molecule has 5 nitrogen and oxygen atoms in total. The van der Waals surface area contributed by atoms with E-state index in [0.717, 1.165) is 17.0 Å². The van der Waals surface area contributed by atoms with Crippen molar-refractivity contribution in [1.82, 2.24) is 9.78 Å². The minimum atomic E-state index is -2.99. The summed E-state index contributed by atoms with van der Waals surface area (Å²) < 4.78 is 23.9. The predicted octanol–water partition coefficient (Wildman–Crippen LogP) is 0.988. The molecular weight excluding hydrogens is 240 g/mol. The lowest BCUT2D eigenvalue weighted by molar-refractivity contribution is 0.172. The highest BCUT2D eigenvalue weighted by atomic mass is 32.2. The molecule has 0 amide bonds. The Morgan fingerprint density at radius 3 is 2.47 bits per heavy atom. The van der Waals surface area contributed by atoms with Crippen LogP contribution in [0.25, 0.3) is 0 Å². The summed E-state index contributed by atoms with van der Waals surface area (Å²) in [6, 6.07) is 0. The first-order chi connectivity index (χ1) is 7.76. The molecule has 0 fully saturated rings. The molecule has 6 heteroatoms. The normalized spacial score (nSPS) is 13.9. The molecule has 0 saturated heterocycles. The number of rotatable bonds is 5. The van der Waals surface area contributed by atoms with Crippen molar-refractivity contribution in [1.29, 1.82) is 0 Å². The highest BCUT2D eigenvalue weighted by Gasteiger charge is 2.18. The number of aliphatic hydroxyl groups is 1. The number of hydrogen-bond donors (Lipinski definition) is 1. The van der Waals surface area contributed by atoms with E-state index in [2.05, 4.69) is 5.10 Å². The van der Waals surface area contributed by atoms with Crippen LogP contribution in [0.1, 0.15) is 36.4 Å². The molecule has 1 atom stereocenters. The van der Waals surface area contributed by atoms with Gasteiger partial charge >= 0.3 is 0 Å². The van der Waals surface area contributed by atoms with Crippen LogP contribution in [0.3, 0.4) is 0 Å². The van der Waals surface area contributed by atoms with Crippen molar-refractivity contribution in [3.63, 3.8) is 0 Å². The van der Waals surface area contributed by atoms with Gasteiger partial charge in [0.05, 0.1) is 24.1 Å². The van der Waals surface area contributed by atoms with Crippen LogP contribution in [-0.4, -0.2) is 35.3 Å². The molecule has 1 aromatic rings. The summed E-state index contributed by atoms with van der Waals surface area (Å²) in [6.45, 7) is 5.92. The van der Waals surface area contributed by atoms with Crippen molar-refractivity contribution in [3.8, 4) is 0 Å². The number of nitrogens with zero attached hydrogens (tertiary/aromatic N) is 2. The van der Waals surface area contributed by atoms with E-state index < -0.39 is 15.9 Å². The maximum Gasteiger partial charge on any atom is 0.149 e. The molecule has 0 saturated carbocycles. The molecule has 0 aliphatic rings. The SMILES string of the molecule is CCC(O)c1c(C)nn(CCS(C)(=O)=O)c1C. The highest BCUT2D eigenvalue weighted by molar-refractivity contribution is 7.90. The molecule has 98 valence electrons. The van der Waals surface area contributed by atoms with Gasteiger partial charge in [-0.2, -0.15) is 5.10 Å². The molecule has 1 aromatic heterocycles. The molecule has 0 bridgehead atoms. The molecule has 17 heavy (non-hydrogen) atoms. The Morgan fingerprint density at radius 2 is 2.00 bits per heavy atom. The zero-order valence-electron chi connectivity index (χ0n) is 10.8. The van der Waals surface area contributed by atoms with Gasteiger partial charge in [0, 0.05) is 17.5 Å². The van der Waals surface area contributed by atoms with Gasteiger partial charge in [0.1, 0.15) is 9.84 Å². The van der Waals surface area contributed by atoms with Gasteiger partial charge in [-0.05, 0) is 20.3 Å². The van der Waals surface area contributed by atoms with E-state index >= 15 is 0 Å². The Morgan fingerprint density at radius 1 is 1.41 bits per heavy atom. The van der Waals surface area contributed by atoms with Gasteiger partial charge < -0.3 is 5.11 Å². The molecule has 0 aliphatic heterocycles. The van der Waals surface area contributed by atoms with Crippen LogP contribution < -0.4 is 0 Å². The third-order valence-corrected chi connectivity index (χ3v) is 3.76. The number of sulfone groups is 1. The van der Waals surface area contributed by atoms with Crippen LogP contribution in [0.2, 0.25) is 0 Å². The smallest absolute Gasteiger partial charge is 0.149 e. The monoisotopic (exact) mass is 260 g/mol. The summed E-state index contributed by atoms with van der Waals surface area (Å²) in [6.07, 6.45) is 1.31. The molecule has 1 N–H and O–H groups in total. The Bertz CT molecular complexity index is 491. The molecule has 0 aromatic carbocycles. The lowest BCUT2D eigenvalue weighted by Gasteiger charge is -2.09. The molecule has 1 rings (SSSR count). The highest BCUT2D eigenvalue weighted by Crippen LogP contribution is 2.23. The van der Waals surface area contributed by atoms with Crippen LogP contribution in [0.4, 0.5) is 0 Å². The number of aromatic nitrogens is 2. The third kappa shape index (κ3) is 3.54. The summed E-state index contributed by atoms with van der Waals surface area (Å²) >= 11 is 0. The lowest BCUT2D eigenvalue weighted by Crippen LogP contribution is -2.13. The van der Waals surface area contributed by atoms with Crippen LogP contribution in [0.15, 0.2) is 0 Å². The Kier molecular flexibility index (Phi) is 4.32. The maximum atomic E-state index is 11.1. The second-order valence-corrected chi connectivity index (χ2v) is 6.62. The van der Waals surface area contributed by atoms with Gasteiger partial charge in [0.15, 0.2) is 0 Å². The van der Waals surface area contributed by atoms with E-state index in [9.17, 15) is 13.5 Å². The zero-order chi connectivity index (χ0) is 13.2. The maximum absolute atomic E-state index is 11.1. The Labute approximate surface area is 102 Å². The van der Waals surface area contributed by atoms with Crippen molar-refractivity contribution >= 4 is 9.84 Å². The van der Waals surface area contributed by atoms with Crippen LogP contribution >= 0.6 is 0 Å². The first kappa shape index (κ1) is 14.2. The summed E-state index contributed by atoms with van der Waals surface area (Å²) in [5.74, 6) is 0.0661. The average molecular weight is 260 g/mol.